The van der Waals surface area contributed by atoms with Gasteiger partial charge in [-0.25, -0.2) is 4.98 Å². The highest BCUT2D eigenvalue weighted by molar-refractivity contribution is 7.17. The van der Waals surface area contributed by atoms with Crippen LogP contribution in [0.5, 0.6) is 0 Å². The fourth-order valence-electron chi connectivity index (χ4n) is 2.03. The van der Waals surface area contributed by atoms with E-state index in [-0.39, 0.29) is 5.56 Å². The molecule has 3 aromatic heterocycles. The topological polar surface area (TPSA) is 63.1 Å². The summed E-state index contributed by atoms with van der Waals surface area (Å²) in [5.74, 6) is 1.28. The monoisotopic (exact) mass is 303 g/mol. The minimum Gasteiger partial charge on any atom is -0.464 e. The first-order chi connectivity index (χ1) is 10.1. The second-order valence-corrected chi connectivity index (χ2v) is 5.69. The summed E-state index contributed by atoms with van der Waals surface area (Å²) in [4.78, 5) is 17.9. The van der Waals surface area contributed by atoms with Crippen LogP contribution in [0.1, 0.15) is 5.82 Å². The van der Waals surface area contributed by atoms with E-state index in [0.29, 0.717) is 21.8 Å². The third-order valence-electron chi connectivity index (χ3n) is 3.01. The fourth-order valence-corrected chi connectivity index (χ4v) is 2.99. The zero-order valence-electron chi connectivity index (χ0n) is 12.0. The number of aromatic nitrogens is 2. The molecule has 0 radical (unpaired) electrons. The quantitative estimate of drug-likeness (QED) is 0.456. The largest absolute Gasteiger partial charge is 0.464 e. The SMILES string of the molecule is Cc1nc2scc(-c3ccco3)c2c(=O)n1NC=[N+](C)C. The van der Waals surface area contributed by atoms with E-state index in [4.69, 9.17) is 4.42 Å². The molecule has 0 unspecified atom stereocenters. The van der Waals surface area contributed by atoms with Crippen LogP contribution in [0, 0.1) is 6.92 Å². The minimum atomic E-state index is -0.136. The Morgan fingerprint density at radius 3 is 2.95 bits per heavy atom. The van der Waals surface area contributed by atoms with E-state index in [1.54, 1.807) is 25.6 Å². The summed E-state index contributed by atoms with van der Waals surface area (Å²) in [5, 5.41) is 2.47. The molecule has 0 aliphatic heterocycles. The number of rotatable bonds is 3. The molecule has 0 spiro atoms. The van der Waals surface area contributed by atoms with E-state index < -0.39 is 0 Å². The van der Waals surface area contributed by atoms with Crippen molar-refractivity contribution in [1.29, 1.82) is 0 Å². The highest BCUT2D eigenvalue weighted by Gasteiger charge is 2.17. The summed E-state index contributed by atoms with van der Waals surface area (Å²) < 4.78 is 8.65. The Morgan fingerprint density at radius 1 is 1.48 bits per heavy atom. The van der Waals surface area contributed by atoms with Gasteiger partial charge in [-0.15, -0.1) is 16.0 Å². The molecule has 0 saturated carbocycles. The molecule has 21 heavy (non-hydrogen) atoms. The van der Waals surface area contributed by atoms with E-state index >= 15 is 0 Å². The second kappa shape index (κ2) is 5.17. The van der Waals surface area contributed by atoms with Gasteiger partial charge in [-0.05, 0) is 19.1 Å². The van der Waals surface area contributed by atoms with Crippen LogP contribution in [0.15, 0.2) is 33.0 Å². The van der Waals surface area contributed by atoms with E-state index in [9.17, 15) is 4.79 Å². The highest BCUT2D eigenvalue weighted by atomic mass is 32.1. The predicted molar refractivity (Wildman–Crippen MR) is 83.9 cm³/mol. The molecule has 108 valence electrons. The van der Waals surface area contributed by atoms with Gasteiger partial charge in [-0.2, -0.15) is 5.43 Å². The van der Waals surface area contributed by atoms with Crippen LogP contribution in [0.3, 0.4) is 0 Å². The first-order valence-corrected chi connectivity index (χ1v) is 7.27. The molecule has 7 heteroatoms. The van der Waals surface area contributed by atoms with Gasteiger partial charge in [0.25, 0.3) is 11.9 Å². The van der Waals surface area contributed by atoms with Crippen molar-refractivity contribution in [2.75, 3.05) is 19.5 Å². The highest BCUT2D eigenvalue weighted by Crippen LogP contribution is 2.30. The Balaban J connectivity index is 2.25. The number of aryl methyl sites for hydroxylation is 1. The summed E-state index contributed by atoms with van der Waals surface area (Å²) in [7, 11) is 3.75. The van der Waals surface area contributed by atoms with Gasteiger partial charge in [0, 0.05) is 10.9 Å². The first-order valence-electron chi connectivity index (χ1n) is 6.39. The molecule has 0 atom stereocenters. The van der Waals surface area contributed by atoms with Crippen molar-refractivity contribution >= 4 is 27.9 Å². The summed E-state index contributed by atoms with van der Waals surface area (Å²) in [6, 6.07) is 3.64. The van der Waals surface area contributed by atoms with Crippen molar-refractivity contribution in [2.45, 2.75) is 6.92 Å². The smallest absolute Gasteiger partial charge is 0.298 e. The van der Waals surface area contributed by atoms with Gasteiger partial charge in [0.15, 0.2) is 5.82 Å². The van der Waals surface area contributed by atoms with Crippen molar-refractivity contribution in [3.8, 4) is 11.3 Å². The summed E-state index contributed by atoms with van der Waals surface area (Å²) in [6.45, 7) is 1.80. The molecule has 0 aliphatic carbocycles. The molecule has 0 amide bonds. The Bertz CT molecular complexity index is 870. The van der Waals surface area contributed by atoms with Crippen LogP contribution >= 0.6 is 11.3 Å². The maximum atomic E-state index is 12.7. The van der Waals surface area contributed by atoms with E-state index in [1.807, 2.05) is 30.1 Å². The van der Waals surface area contributed by atoms with Crippen LogP contribution in [-0.4, -0.2) is 34.7 Å². The van der Waals surface area contributed by atoms with Crippen LogP contribution < -0.4 is 11.0 Å². The Kier molecular flexibility index (Phi) is 3.34. The van der Waals surface area contributed by atoms with Gasteiger partial charge in [0.05, 0.1) is 25.7 Å². The molecule has 3 heterocycles. The van der Waals surface area contributed by atoms with Gasteiger partial charge in [-0.1, -0.05) is 0 Å². The number of thiophene rings is 1. The second-order valence-electron chi connectivity index (χ2n) is 4.83. The van der Waals surface area contributed by atoms with Gasteiger partial charge in [-0.3, -0.25) is 9.37 Å². The number of nitrogens with one attached hydrogen (secondary N) is 1. The van der Waals surface area contributed by atoms with Crippen LogP contribution in [0.4, 0.5) is 0 Å². The lowest BCUT2D eigenvalue weighted by Gasteiger charge is -2.04. The average molecular weight is 303 g/mol. The molecule has 0 aromatic carbocycles. The summed E-state index contributed by atoms with van der Waals surface area (Å²) in [6.07, 6.45) is 3.29. The minimum absolute atomic E-state index is 0.136. The molecule has 0 bridgehead atoms. The van der Waals surface area contributed by atoms with Crippen LogP contribution in [-0.2, 0) is 0 Å². The van der Waals surface area contributed by atoms with Crippen LogP contribution in [0.2, 0.25) is 0 Å². The normalized spacial score (nSPS) is 10.8. The summed E-state index contributed by atoms with van der Waals surface area (Å²) >= 11 is 1.44. The van der Waals surface area contributed by atoms with E-state index in [2.05, 4.69) is 10.4 Å². The summed E-state index contributed by atoms with van der Waals surface area (Å²) in [5.41, 5.74) is 3.59. The third kappa shape index (κ3) is 2.36. The van der Waals surface area contributed by atoms with Crippen molar-refractivity contribution in [3.05, 3.63) is 40.0 Å². The zero-order chi connectivity index (χ0) is 15.0. The van der Waals surface area contributed by atoms with Gasteiger partial charge in [0.2, 0.25) is 0 Å². The molecule has 6 nitrogen and oxygen atoms in total. The number of hydrogen-bond donors (Lipinski definition) is 1. The molecule has 3 rings (SSSR count). The molecule has 3 aromatic rings. The standard InChI is InChI=1S/C14H14N4O2S/c1-9-16-13-12(14(19)18(9)15-8-17(2)3)10(7-21-13)11-5-4-6-20-11/h4-8H,1-3H3/p+1. The van der Waals surface area contributed by atoms with Gasteiger partial charge >= 0.3 is 0 Å². The zero-order valence-corrected chi connectivity index (χ0v) is 12.8. The number of furan rings is 1. The van der Waals surface area contributed by atoms with Crippen molar-refractivity contribution < 1.29 is 8.99 Å². The number of hydrogen-bond acceptors (Lipinski definition) is 4. The lowest BCUT2D eigenvalue weighted by Crippen LogP contribution is -2.32. The number of fused-ring (bicyclic) bond motifs is 1. The van der Waals surface area contributed by atoms with E-state index in [1.165, 1.54) is 16.0 Å². The first kappa shape index (κ1) is 13.6. The Labute approximate surface area is 125 Å². The molecule has 0 aliphatic rings. The van der Waals surface area contributed by atoms with E-state index in [0.717, 1.165) is 5.56 Å². The van der Waals surface area contributed by atoms with Gasteiger partial charge < -0.3 is 4.42 Å². The molecule has 0 fully saturated rings. The molecule has 1 N–H and O–H groups in total. The van der Waals surface area contributed by atoms with Crippen LogP contribution in [0.25, 0.3) is 21.5 Å². The lowest BCUT2D eigenvalue weighted by molar-refractivity contribution is -0.459. The Hall–Kier alpha value is -2.41. The Morgan fingerprint density at radius 2 is 2.29 bits per heavy atom. The van der Waals surface area contributed by atoms with Gasteiger partial charge in [0.1, 0.15) is 10.6 Å². The van der Waals surface area contributed by atoms with Crippen molar-refractivity contribution in [1.82, 2.24) is 9.66 Å². The predicted octanol–water partition coefficient (Wildman–Crippen LogP) is 1.87. The fraction of sp³-hybridized carbons (Fsp3) is 0.214. The molecular formula is C14H15N4O2S+. The lowest BCUT2D eigenvalue weighted by atomic mass is 10.2. The number of nitrogens with zero attached hydrogens (tertiary/aromatic N) is 3. The molecular weight excluding hydrogens is 288 g/mol. The molecule has 0 saturated heterocycles. The van der Waals surface area contributed by atoms with Crippen molar-refractivity contribution in [3.63, 3.8) is 0 Å². The average Bonchev–Trinajstić information content (AvgIpc) is 3.05. The maximum Gasteiger partial charge on any atom is 0.298 e. The van der Waals surface area contributed by atoms with Crippen molar-refractivity contribution in [2.24, 2.45) is 0 Å². The third-order valence-corrected chi connectivity index (χ3v) is 3.88. The maximum absolute atomic E-state index is 12.7.